The summed E-state index contributed by atoms with van der Waals surface area (Å²) in [6.07, 6.45) is 7.62. The summed E-state index contributed by atoms with van der Waals surface area (Å²) in [5.41, 5.74) is 3.43. The molecule has 0 unspecified atom stereocenters. The van der Waals surface area contributed by atoms with Gasteiger partial charge in [-0.1, -0.05) is 22.9 Å². The Kier molecular flexibility index (Phi) is 2.68. The molecule has 76 valence electrons. The van der Waals surface area contributed by atoms with Crippen molar-refractivity contribution in [3.8, 4) is 0 Å². The van der Waals surface area contributed by atoms with Crippen molar-refractivity contribution in [3.63, 3.8) is 0 Å². The quantitative estimate of drug-likeness (QED) is 0.469. The average molecular weight is 192 g/mol. The predicted octanol–water partition coefficient (Wildman–Crippen LogP) is 1.80. The maximum absolute atomic E-state index is 8.97. The molecule has 0 aromatic rings. The molecule has 1 N–H and O–H groups in total. The van der Waals surface area contributed by atoms with Crippen LogP contribution in [0.1, 0.15) is 19.3 Å². The van der Waals surface area contributed by atoms with E-state index in [-0.39, 0.29) is 0 Å². The van der Waals surface area contributed by atoms with E-state index in [9.17, 15) is 0 Å². The molecule has 0 saturated heterocycles. The van der Waals surface area contributed by atoms with Gasteiger partial charge in [-0.25, -0.2) is 0 Å². The lowest BCUT2D eigenvalue weighted by atomic mass is 9.93. The molecule has 3 heteroatoms. The van der Waals surface area contributed by atoms with Crippen molar-refractivity contribution in [1.29, 1.82) is 0 Å². The summed E-state index contributed by atoms with van der Waals surface area (Å²) >= 11 is 0. The summed E-state index contributed by atoms with van der Waals surface area (Å²) in [5, 5.41) is 12.4. The molecule has 0 saturated carbocycles. The first-order valence-electron chi connectivity index (χ1n) is 5.09. The molecule has 3 nitrogen and oxygen atoms in total. The second-order valence-corrected chi connectivity index (χ2v) is 3.99. The minimum Gasteiger partial charge on any atom is -0.411 e. The van der Waals surface area contributed by atoms with Crippen LogP contribution < -0.4 is 0 Å². The topological polar surface area (TPSA) is 35.8 Å². The molecule has 0 amide bonds. The maximum atomic E-state index is 8.97. The molecule has 1 aliphatic carbocycles. The van der Waals surface area contributed by atoms with Crippen LogP contribution in [-0.4, -0.2) is 36.0 Å². The second-order valence-electron chi connectivity index (χ2n) is 3.99. The third-order valence-corrected chi connectivity index (χ3v) is 2.92. The zero-order valence-electron chi connectivity index (χ0n) is 8.53. The van der Waals surface area contributed by atoms with Crippen LogP contribution in [0.15, 0.2) is 28.5 Å². The Bertz CT molecular complexity index is 315. The Morgan fingerprint density at radius 2 is 2.29 bits per heavy atom. The minimum absolute atomic E-state index is 0.750. The normalized spacial score (nSPS) is 26.5. The fourth-order valence-electron chi connectivity index (χ4n) is 2.10. The molecule has 0 fully saturated rings. The van der Waals surface area contributed by atoms with Gasteiger partial charge in [0.1, 0.15) is 5.71 Å². The van der Waals surface area contributed by atoms with Crippen molar-refractivity contribution in [1.82, 2.24) is 4.90 Å². The van der Waals surface area contributed by atoms with E-state index in [1.807, 2.05) is 0 Å². The van der Waals surface area contributed by atoms with Gasteiger partial charge in [0.15, 0.2) is 0 Å². The van der Waals surface area contributed by atoms with Crippen LogP contribution in [-0.2, 0) is 0 Å². The van der Waals surface area contributed by atoms with E-state index in [0.717, 1.165) is 38.1 Å². The predicted molar refractivity (Wildman–Crippen MR) is 56.7 cm³/mol. The highest BCUT2D eigenvalue weighted by molar-refractivity contribution is 6.04. The molecule has 0 bridgehead atoms. The monoisotopic (exact) mass is 192 g/mol. The summed E-state index contributed by atoms with van der Waals surface area (Å²) in [5.74, 6) is 0. The molecular formula is C11H16N2O. The second kappa shape index (κ2) is 3.96. The van der Waals surface area contributed by atoms with Gasteiger partial charge in [-0.15, -0.1) is 0 Å². The lowest BCUT2D eigenvalue weighted by molar-refractivity contribution is 0.312. The number of rotatable bonds is 0. The van der Waals surface area contributed by atoms with Gasteiger partial charge in [-0.05, 0) is 31.9 Å². The fraction of sp³-hybridized carbons (Fsp3) is 0.545. The molecule has 0 radical (unpaired) electrons. The van der Waals surface area contributed by atoms with Crippen molar-refractivity contribution in [3.05, 3.63) is 23.3 Å². The Morgan fingerprint density at radius 1 is 1.43 bits per heavy atom. The molecule has 0 aromatic carbocycles. The Hall–Kier alpha value is -1.09. The molecule has 2 rings (SSSR count). The Balaban J connectivity index is 2.33. The largest absolute Gasteiger partial charge is 0.411 e. The Morgan fingerprint density at radius 3 is 3.07 bits per heavy atom. The van der Waals surface area contributed by atoms with Crippen LogP contribution >= 0.6 is 0 Å². The van der Waals surface area contributed by atoms with Crippen LogP contribution in [0.3, 0.4) is 0 Å². The summed E-state index contributed by atoms with van der Waals surface area (Å²) in [6.45, 7) is 1.81. The zero-order chi connectivity index (χ0) is 9.97. The first-order valence-corrected chi connectivity index (χ1v) is 5.09. The zero-order valence-corrected chi connectivity index (χ0v) is 8.53. The van der Waals surface area contributed by atoms with E-state index in [1.165, 1.54) is 11.1 Å². The lowest BCUT2D eigenvalue weighted by Gasteiger charge is -2.13. The highest BCUT2D eigenvalue weighted by atomic mass is 16.4. The van der Waals surface area contributed by atoms with Crippen molar-refractivity contribution >= 4 is 5.71 Å². The van der Waals surface area contributed by atoms with Crippen molar-refractivity contribution in [2.24, 2.45) is 5.16 Å². The van der Waals surface area contributed by atoms with E-state index >= 15 is 0 Å². The van der Waals surface area contributed by atoms with Gasteiger partial charge in [0, 0.05) is 13.1 Å². The molecular weight excluding hydrogens is 176 g/mol. The first-order chi connectivity index (χ1) is 6.81. The highest BCUT2D eigenvalue weighted by Crippen LogP contribution is 2.25. The summed E-state index contributed by atoms with van der Waals surface area (Å²) < 4.78 is 0. The number of allylic oxidation sites excluding steroid dienone is 2. The van der Waals surface area contributed by atoms with Gasteiger partial charge in [0.25, 0.3) is 0 Å². The average Bonchev–Trinajstić information content (AvgIpc) is 2.38. The Labute approximate surface area is 84.4 Å². The van der Waals surface area contributed by atoms with Gasteiger partial charge in [-0.2, -0.15) is 0 Å². The minimum atomic E-state index is 0.750. The molecule has 0 atom stereocenters. The van der Waals surface area contributed by atoms with Crippen LogP contribution in [0, 0.1) is 0 Å². The van der Waals surface area contributed by atoms with E-state index < -0.39 is 0 Å². The standard InChI is InChI=1S/C11H16N2O/c1-13-7-6-9-4-2-3-5-10(9)11(8-13)12-14/h3,5,14H,2,4,6-8H2,1H3. The van der Waals surface area contributed by atoms with E-state index in [1.54, 1.807) is 0 Å². The summed E-state index contributed by atoms with van der Waals surface area (Å²) in [4.78, 5) is 2.20. The molecule has 2 aliphatic rings. The summed E-state index contributed by atoms with van der Waals surface area (Å²) in [7, 11) is 2.06. The molecule has 14 heavy (non-hydrogen) atoms. The number of hydrogen-bond donors (Lipinski definition) is 1. The smallest absolute Gasteiger partial charge is 0.101 e. The van der Waals surface area contributed by atoms with E-state index in [0.29, 0.717) is 0 Å². The lowest BCUT2D eigenvalue weighted by Crippen LogP contribution is -2.25. The van der Waals surface area contributed by atoms with Crippen LogP contribution in [0.4, 0.5) is 0 Å². The number of oxime groups is 1. The first kappa shape index (κ1) is 9.46. The van der Waals surface area contributed by atoms with Gasteiger partial charge >= 0.3 is 0 Å². The van der Waals surface area contributed by atoms with Gasteiger partial charge < -0.3 is 10.1 Å². The van der Waals surface area contributed by atoms with Gasteiger partial charge in [-0.3, -0.25) is 0 Å². The van der Waals surface area contributed by atoms with Crippen molar-refractivity contribution < 1.29 is 5.21 Å². The van der Waals surface area contributed by atoms with Gasteiger partial charge in [0.2, 0.25) is 0 Å². The third kappa shape index (κ3) is 1.73. The fourth-order valence-corrected chi connectivity index (χ4v) is 2.10. The van der Waals surface area contributed by atoms with E-state index in [4.69, 9.17) is 5.21 Å². The highest BCUT2D eigenvalue weighted by Gasteiger charge is 2.19. The number of nitrogens with zero attached hydrogens (tertiary/aromatic N) is 2. The maximum Gasteiger partial charge on any atom is 0.101 e. The van der Waals surface area contributed by atoms with Crippen molar-refractivity contribution in [2.75, 3.05) is 20.1 Å². The molecule has 1 heterocycles. The molecule has 1 aliphatic heterocycles. The van der Waals surface area contributed by atoms with Crippen LogP contribution in [0.2, 0.25) is 0 Å². The SMILES string of the molecule is CN1CCC2=C(C=CCC2)C(=NO)C1. The van der Waals surface area contributed by atoms with Crippen LogP contribution in [0.25, 0.3) is 0 Å². The van der Waals surface area contributed by atoms with Gasteiger partial charge in [0.05, 0.1) is 0 Å². The van der Waals surface area contributed by atoms with E-state index in [2.05, 4.69) is 29.3 Å². The van der Waals surface area contributed by atoms with Crippen molar-refractivity contribution in [2.45, 2.75) is 19.3 Å². The molecule has 0 aromatic heterocycles. The third-order valence-electron chi connectivity index (χ3n) is 2.92. The number of hydrogen-bond acceptors (Lipinski definition) is 3. The van der Waals surface area contributed by atoms with Crippen LogP contribution in [0.5, 0.6) is 0 Å². The molecule has 0 spiro atoms. The summed E-state index contributed by atoms with van der Waals surface area (Å²) in [6, 6.07) is 0.